The summed E-state index contributed by atoms with van der Waals surface area (Å²) >= 11 is 0. The van der Waals surface area contributed by atoms with Crippen LogP contribution in [-0.2, 0) is 16.1 Å². The predicted octanol–water partition coefficient (Wildman–Crippen LogP) is 2.26. The minimum Gasteiger partial charge on any atom is -0.480 e. The van der Waals surface area contributed by atoms with Crippen LogP contribution in [0.3, 0.4) is 0 Å². The molecule has 1 saturated heterocycles. The Morgan fingerprint density at radius 2 is 2.00 bits per heavy atom. The van der Waals surface area contributed by atoms with Gasteiger partial charge < -0.3 is 9.84 Å². The summed E-state index contributed by atoms with van der Waals surface area (Å²) in [4.78, 5) is 24.9. The van der Waals surface area contributed by atoms with Crippen molar-refractivity contribution in [3.8, 4) is 0 Å². The van der Waals surface area contributed by atoms with Gasteiger partial charge in [0.05, 0.1) is 0 Å². The maximum Gasteiger partial charge on any atom is 0.411 e. The Morgan fingerprint density at radius 1 is 1.25 bits per heavy atom. The van der Waals surface area contributed by atoms with Crippen LogP contribution in [0.5, 0.6) is 0 Å². The van der Waals surface area contributed by atoms with E-state index in [4.69, 9.17) is 4.74 Å². The lowest BCUT2D eigenvalue weighted by Gasteiger charge is -2.31. The molecule has 3 rings (SSSR count). The number of carboxylic acids is 1. The molecule has 0 aromatic heterocycles. The number of aliphatic carboxylic acids is 1. The second kappa shape index (κ2) is 5.15. The van der Waals surface area contributed by atoms with E-state index in [-0.39, 0.29) is 18.6 Å². The fraction of sp³-hybridized carbons (Fsp3) is 0.467. The smallest absolute Gasteiger partial charge is 0.411 e. The van der Waals surface area contributed by atoms with Gasteiger partial charge in [-0.3, -0.25) is 4.90 Å². The van der Waals surface area contributed by atoms with Gasteiger partial charge in [0.1, 0.15) is 12.6 Å². The van der Waals surface area contributed by atoms with Crippen LogP contribution in [-0.4, -0.2) is 34.2 Å². The van der Waals surface area contributed by atoms with Crippen LogP contribution in [0.15, 0.2) is 30.3 Å². The van der Waals surface area contributed by atoms with Crippen molar-refractivity contribution in [3.63, 3.8) is 0 Å². The molecule has 1 amide bonds. The van der Waals surface area contributed by atoms with Crippen molar-refractivity contribution < 1.29 is 19.4 Å². The summed E-state index contributed by atoms with van der Waals surface area (Å²) in [6.07, 6.45) is 2.06. The fourth-order valence-electron chi connectivity index (χ4n) is 3.36. The van der Waals surface area contributed by atoms with Crippen LogP contribution >= 0.6 is 0 Å². The monoisotopic (exact) mass is 275 g/mol. The number of likely N-dealkylation sites (tertiary alicyclic amines) is 1. The van der Waals surface area contributed by atoms with Crippen LogP contribution in [0.2, 0.25) is 0 Å². The van der Waals surface area contributed by atoms with Crippen LogP contribution in [0.25, 0.3) is 0 Å². The number of piperidine rings is 1. The van der Waals surface area contributed by atoms with Crippen molar-refractivity contribution in [2.24, 2.45) is 5.92 Å². The van der Waals surface area contributed by atoms with Crippen LogP contribution in [0.1, 0.15) is 24.8 Å². The maximum atomic E-state index is 12.2. The molecular weight excluding hydrogens is 258 g/mol. The van der Waals surface area contributed by atoms with E-state index in [1.807, 2.05) is 30.3 Å². The van der Waals surface area contributed by atoms with Gasteiger partial charge in [-0.15, -0.1) is 0 Å². The van der Waals surface area contributed by atoms with Crippen LogP contribution in [0.4, 0.5) is 4.79 Å². The average molecular weight is 275 g/mol. The summed E-state index contributed by atoms with van der Waals surface area (Å²) in [5.74, 6) is -0.837. The minimum atomic E-state index is -0.922. The summed E-state index contributed by atoms with van der Waals surface area (Å²) in [7, 11) is 0. The molecule has 2 aliphatic rings. The molecule has 2 fully saturated rings. The molecule has 106 valence electrons. The van der Waals surface area contributed by atoms with Crippen LogP contribution in [0, 0.1) is 5.92 Å². The summed E-state index contributed by atoms with van der Waals surface area (Å²) < 4.78 is 5.27. The van der Waals surface area contributed by atoms with E-state index in [1.165, 1.54) is 4.90 Å². The molecular formula is C15H17NO4. The Hall–Kier alpha value is -2.04. The number of hydrogen-bond donors (Lipinski definition) is 1. The van der Waals surface area contributed by atoms with Crippen molar-refractivity contribution in [2.45, 2.75) is 38.0 Å². The normalized spacial score (nSPS) is 27.6. The number of hydrogen-bond acceptors (Lipinski definition) is 3. The standard InChI is InChI=1S/C15H17NO4/c17-14(18)13-11-6-7-12(8-11)16(13)15(19)20-9-10-4-2-1-3-5-10/h1-5,11-13H,6-9H2,(H,17,18)/t11-,12+,13-/m1/s1. The zero-order valence-corrected chi connectivity index (χ0v) is 11.1. The Kier molecular flexibility index (Phi) is 3.34. The third-order valence-corrected chi connectivity index (χ3v) is 4.25. The lowest BCUT2D eigenvalue weighted by atomic mass is 9.99. The van der Waals surface area contributed by atoms with E-state index in [1.54, 1.807) is 0 Å². The number of carbonyl (C=O) groups is 2. The van der Waals surface area contributed by atoms with Gasteiger partial charge in [0.25, 0.3) is 0 Å². The van der Waals surface area contributed by atoms with E-state index in [0.717, 1.165) is 24.8 Å². The van der Waals surface area contributed by atoms with Crippen molar-refractivity contribution in [3.05, 3.63) is 35.9 Å². The zero-order chi connectivity index (χ0) is 14.1. The van der Waals surface area contributed by atoms with E-state index >= 15 is 0 Å². The number of rotatable bonds is 3. The number of fused-ring (bicyclic) bond motifs is 2. The second-order valence-corrected chi connectivity index (χ2v) is 5.46. The number of amides is 1. The molecule has 1 saturated carbocycles. The fourth-order valence-corrected chi connectivity index (χ4v) is 3.36. The molecule has 1 N–H and O–H groups in total. The van der Waals surface area contributed by atoms with E-state index in [9.17, 15) is 14.7 Å². The summed E-state index contributed by atoms with van der Waals surface area (Å²) in [5.41, 5.74) is 0.900. The average Bonchev–Trinajstić information content (AvgIpc) is 3.06. The Morgan fingerprint density at radius 3 is 2.70 bits per heavy atom. The number of nitrogens with zero attached hydrogens (tertiary/aromatic N) is 1. The van der Waals surface area contributed by atoms with E-state index in [2.05, 4.69) is 0 Å². The number of carbonyl (C=O) groups excluding carboxylic acids is 1. The highest BCUT2D eigenvalue weighted by Crippen LogP contribution is 2.42. The molecule has 1 heterocycles. The first-order valence-electron chi connectivity index (χ1n) is 6.88. The van der Waals surface area contributed by atoms with Crippen LogP contribution < -0.4 is 0 Å². The maximum absolute atomic E-state index is 12.2. The molecule has 1 aliphatic heterocycles. The molecule has 2 bridgehead atoms. The van der Waals surface area contributed by atoms with Gasteiger partial charge in [-0.1, -0.05) is 30.3 Å². The Bertz CT molecular complexity index is 516. The molecule has 1 aromatic carbocycles. The summed E-state index contributed by atoms with van der Waals surface area (Å²) in [6, 6.07) is 8.71. The first-order chi connectivity index (χ1) is 9.66. The number of benzene rings is 1. The number of carboxylic acid groups (broad SMARTS) is 1. The quantitative estimate of drug-likeness (QED) is 0.918. The van der Waals surface area contributed by atoms with Crippen molar-refractivity contribution in [1.29, 1.82) is 0 Å². The van der Waals surface area contributed by atoms with Gasteiger partial charge in [0.2, 0.25) is 0 Å². The molecule has 1 aromatic rings. The molecule has 0 unspecified atom stereocenters. The van der Waals surface area contributed by atoms with Crippen molar-refractivity contribution in [1.82, 2.24) is 4.90 Å². The van der Waals surface area contributed by atoms with Gasteiger partial charge in [-0.2, -0.15) is 0 Å². The number of ether oxygens (including phenoxy) is 1. The van der Waals surface area contributed by atoms with Gasteiger partial charge in [-0.05, 0) is 30.7 Å². The molecule has 5 nitrogen and oxygen atoms in total. The SMILES string of the molecule is O=C(O)[C@H]1[C@@H]2CC[C@@H](C2)N1C(=O)OCc1ccccc1. The molecule has 0 radical (unpaired) electrons. The second-order valence-electron chi connectivity index (χ2n) is 5.46. The van der Waals surface area contributed by atoms with Gasteiger partial charge >= 0.3 is 12.1 Å². The lowest BCUT2D eigenvalue weighted by Crippen LogP contribution is -2.49. The predicted molar refractivity (Wildman–Crippen MR) is 71.0 cm³/mol. The van der Waals surface area contributed by atoms with Crippen molar-refractivity contribution >= 4 is 12.1 Å². The van der Waals surface area contributed by atoms with Gasteiger partial charge in [0, 0.05) is 6.04 Å². The topological polar surface area (TPSA) is 66.8 Å². The third-order valence-electron chi connectivity index (χ3n) is 4.25. The zero-order valence-electron chi connectivity index (χ0n) is 11.1. The lowest BCUT2D eigenvalue weighted by molar-refractivity contribution is -0.144. The highest BCUT2D eigenvalue weighted by Gasteiger charge is 2.52. The Balaban J connectivity index is 1.66. The Labute approximate surface area is 117 Å². The van der Waals surface area contributed by atoms with E-state index < -0.39 is 18.1 Å². The minimum absolute atomic E-state index is 0.0318. The summed E-state index contributed by atoms with van der Waals surface area (Å²) in [5, 5.41) is 9.29. The third kappa shape index (κ3) is 2.24. The first kappa shape index (κ1) is 13.0. The molecule has 20 heavy (non-hydrogen) atoms. The van der Waals surface area contributed by atoms with Gasteiger partial charge in [0.15, 0.2) is 0 Å². The molecule has 3 atom stereocenters. The highest BCUT2D eigenvalue weighted by molar-refractivity contribution is 5.81. The highest BCUT2D eigenvalue weighted by atomic mass is 16.6. The van der Waals surface area contributed by atoms with Crippen molar-refractivity contribution in [2.75, 3.05) is 0 Å². The molecule has 5 heteroatoms. The largest absolute Gasteiger partial charge is 0.480 e. The summed E-state index contributed by atoms with van der Waals surface area (Å²) in [6.45, 7) is 0.180. The molecule has 0 spiro atoms. The van der Waals surface area contributed by atoms with Gasteiger partial charge in [-0.25, -0.2) is 9.59 Å². The first-order valence-corrected chi connectivity index (χ1v) is 6.88. The van der Waals surface area contributed by atoms with E-state index in [0.29, 0.717) is 0 Å². The molecule has 1 aliphatic carbocycles.